The Balaban J connectivity index is 2.24. The molecule has 3 aromatic carbocycles. The molecule has 0 aliphatic rings. The molecule has 0 aliphatic heterocycles. The Hall–Kier alpha value is -1.56. The van der Waals surface area contributed by atoms with Crippen LogP contribution in [-0.4, -0.2) is 34.4 Å². The zero-order valence-corrected chi connectivity index (χ0v) is 19.6. The van der Waals surface area contributed by atoms with Crippen molar-refractivity contribution in [3.63, 3.8) is 0 Å². The van der Waals surface area contributed by atoms with Crippen LogP contribution < -0.4 is 13.2 Å². The number of thiocarbonyl (C=S) groups is 1. The maximum atomic E-state index is 5.96. The Bertz CT molecular complexity index is 753. The normalized spacial score (nSPS) is 11.2. The maximum absolute atomic E-state index is 5.96. The number of benzene rings is 3. The van der Waals surface area contributed by atoms with Crippen molar-refractivity contribution >= 4 is 51.9 Å². The minimum absolute atomic E-state index is 0.943. The Morgan fingerprint density at radius 3 is 1.33 bits per heavy atom. The van der Waals surface area contributed by atoms with Crippen LogP contribution in [0.2, 0.25) is 0 Å². The Labute approximate surface area is 174 Å². The van der Waals surface area contributed by atoms with Gasteiger partial charge in [-0.1, -0.05) is 0 Å². The third kappa shape index (κ3) is 4.31. The molecular weight excluding hydrogens is 427 g/mol. The van der Waals surface area contributed by atoms with Gasteiger partial charge in [-0.2, -0.15) is 0 Å². The molecule has 0 bridgehead atoms. The van der Waals surface area contributed by atoms with Crippen LogP contribution in [0.5, 0.6) is 0 Å². The van der Waals surface area contributed by atoms with Crippen LogP contribution in [0.4, 0.5) is 0 Å². The van der Waals surface area contributed by atoms with E-state index < -0.39 is 12.1 Å². The summed E-state index contributed by atoms with van der Waals surface area (Å²) in [7, 11) is 1.95. The summed E-state index contributed by atoms with van der Waals surface area (Å²) >= 11 is 2.92. The first-order chi connectivity index (χ1) is 13.2. The summed E-state index contributed by atoms with van der Waals surface area (Å²) in [4.78, 5) is 2.30. The first-order valence-corrected chi connectivity index (χ1v) is 16.3. The van der Waals surface area contributed by atoms with Crippen LogP contribution in [0.1, 0.15) is 13.8 Å². The number of rotatable bonds is 6. The summed E-state index contributed by atoms with van der Waals surface area (Å²) < 4.78 is 5.29. The molecule has 0 saturated carbocycles. The van der Waals surface area contributed by atoms with Crippen molar-refractivity contribution in [2.24, 2.45) is 0 Å². The molecule has 0 atom stereocenters. The molecule has 3 aromatic rings. The Morgan fingerprint density at radius 1 is 0.704 bits per heavy atom. The molecule has 1 nitrogen and oxygen atoms in total. The zero-order chi connectivity index (χ0) is 19.1. The molecule has 0 spiro atoms. The summed E-state index contributed by atoms with van der Waals surface area (Å²) in [6.45, 7) is 6.25. The molecule has 0 aromatic heterocycles. The fourth-order valence-electron chi connectivity index (χ4n) is 3.37. The van der Waals surface area contributed by atoms with Gasteiger partial charge >= 0.3 is 175 Å². The molecule has 27 heavy (non-hydrogen) atoms. The van der Waals surface area contributed by atoms with E-state index in [0.29, 0.717) is 0 Å². The summed E-state index contributed by atoms with van der Waals surface area (Å²) in [5.74, 6) is 0. The van der Waals surface area contributed by atoms with Crippen molar-refractivity contribution in [1.82, 2.24) is 4.90 Å². The van der Waals surface area contributed by atoms with Crippen molar-refractivity contribution in [1.29, 1.82) is 0 Å². The molecular formula is C23H25GeNS2. The van der Waals surface area contributed by atoms with Gasteiger partial charge < -0.3 is 0 Å². The van der Waals surface area contributed by atoms with Gasteiger partial charge in [0.05, 0.1) is 0 Å². The second-order valence-corrected chi connectivity index (χ2v) is 18.5. The molecule has 3 rings (SSSR count). The predicted octanol–water partition coefficient (Wildman–Crippen LogP) is 4.01. The van der Waals surface area contributed by atoms with Crippen molar-refractivity contribution in [2.45, 2.75) is 13.8 Å². The van der Waals surface area contributed by atoms with E-state index in [1.54, 1.807) is 0 Å². The third-order valence-electron chi connectivity index (χ3n) is 4.80. The zero-order valence-electron chi connectivity index (χ0n) is 15.8. The summed E-state index contributed by atoms with van der Waals surface area (Å²) in [5, 5.41) is 0. The van der Waals surface area contributed by atoms with Crippen LogP contribution >= 0.6 is 22.3 Å². The first kappa shape index (κ1) is 20.2. The van der Waals surface area contributed by atoms with Crippen molar-refractivity contribution in [2.75, 3.05) is 13.1 Å². The van der Waals surface area contributed by atoms with E-state index in [9.17, 15) is 0 Å². The van der Waals surface area contributed by atoms with Gasteiger partial charge in [0, 0.05) is 0 Å². The van der Waals surface area contributed by atoms with Crippen LogP contribution in [0.15, 0.2) is 91.0 Å². The van der Waals surface area contributed by atoms with Crippen LogP contribution in [-0.2, 0) is 0 Å². The van der Waals surface area contributed by atoms with Crippen LogP contribution in [0.3, 0.4) is 0 Å². The van der Waals surface area contributed by atoms with E-state index >= 15 is 0 Å². The van der Waals surface area contributed by atoms with E-state index in [2.05, 4.69) is 110 Å². The van der Waals surface area contributed by atoms with E-state index in [1.165, 1.54) is 13.2 Å². The van der Waals surface area contributed by atoms with Crippen molar-refractivity contribution in [3.05, 3.63) is 91.0 Å². The fraction of sp³-hybridized carbons (Fsp3) is 0.174. The molecule has 0 radical (unpaired) electrons. The van der Waals surface area contributed by atoms with Gasteiger partial charge in [-0.3, -0.25) is 0 Å². The van der Waals surface area contributed by atoms with Crippen molar-refractivity contribution in [3.8, 4) is 0 Å². The molecule has 138 valence electrons. The number of hydrogen-bond acceptors (Lipinski definition) is 2. The molecule has 0 fully saturated rings. The fourth-order valence-corrected chi connectivity index (χ4v) is 19.7. The predicted molar refractivity (Wildman–Crippen MR) is 127 cm³/mol. The second-order valence-electron chi connectivity index (χ2n) is 6.32. The summed E-state index contributed by atoms with van der Waals surface area (Å²) in [6, 6.07) is 33.0. The quantitative estimate of drug-likeness (QED) is 0.411. The molecule has 0 amide bonds. The molecule has 0 N–H and O–H groups in total. The molecule has 0 heterocycles. The standard InChI is InChI=1S/C23H25GeNS2/c1-3-25(4-2)23(26)27-24(20-14-8-5-9-15-20,21-16-10-6-11-17-21)22-18-12-7-13-19-22/h5-19H,3-4H2,1-2H3. The number of hydrogen-bond donors (Lipinski definition) is 0. The average Bonchev–Trinajstić information content (AvgIpc) is 2.75. The van der Waals surface area contributed by atoms with Gasteiger partial charge in [-0.05, 0) is 0 Å². The Morgan fingerprint density at radius 2 is 1.04 bits per heavy atom. The SMILES string of the molecule is CCN(CC)C(=S)[S][Ge]([c]1ccccc1)([c]1ccccc1)[c]1ccccc1. The number of nitrogens with zero attached hydrogens (tertiary/aromatic N) is 1. The summed E-state index contributed by atoms with van der Waals surface area (Å²) in [5.41, 5.74) is 0. The molecule has 0 aliphatic carbocycles. The molecule has 0 unspecified atom stereocenters. The van der Waals surface area contributed by atoms with E-state index in [4.69, 9.17) is 12.2 Å². The van der Waals surface area contributed by atoms with Crippen LogP contribution in [0.25, 0.3) is 0 Å². The topological polar surface area (TPSA) is 3.24 Å². The van der Waals surface area contributed by atoms with Crippen molar-refractivity contribution < 1.29 is 0 Å². The molecule has 0 saturated heterocycles. The van der Waals surface area contributed by atoms with Crippen LogP contribution in [0, 0.1) is 0 Å². The van der Waals surface area contributed by atoms with Gasteiger partial charge in [-0.15, -0.1) is 0 Å². The van der Waals surface area contributed by atoms with Gasteiger partial charge in [0.2, 0.25) is 0 Å². The van der Waals surface area contributed by atoms with Gasteiger partial charge in [0.1, 0.15) is 0 Å². The Kier molecular flexibility index (Phi) is 7.16. The van der Waals surface area contributed by atoms with E-state index in [1.807, 2.05) is 10.1 Å². The second kappa shape index (κ2) is 9.58. The summed E-state index contributed by atoms with van der Waals surface area (Å²) in [6.07, 6.45) is 0. The van der Waals surface area contributed by atoms with Gasteiger partial charge in [-0.25, -0.2) is 0 Å². The minimum atomic E-state index is -3.04. The average molecular weight is 452 g/mol. The van der Waals surface area contributed by atoms with E-state index in [0.717, 1.165) is 17.4 Å². The molecule has 4 heteroatoms. The van der Waals surface area contributed by atoms with Gasteiger partial charge in [0.25, 0.3) is 0 Å². The van der Waals surface area contributed by atoms with E-state index in [-0.39, 0.29) is 0 Å². The van der Waals surface area contributed by atoms with Gasteiger partial charge in [0.15, 0.2) is 0 Å². The third-order valence-corrected chi connectivity index (χ3v) is 21.0. The monoisotopic (exact) mass is 453 g/mol. The first-order valence-electron chi connectivity index (χ1n) is 9.36.